The van der Waals surface area contributed by atoms with Crippen LogP contribution in [0.25, 0.3) is 0 Å². The standard InChI is InChI=1S/C4Cl3F7/c5-1(6,3(9,10)11)2(7,8)4(12,13)14. The van der Waals surface area contributed by atoms with Gasteiger partial charge < -0.3 is 0 Å². The highest BCUT2D eigenvalue weighted by Crippen LogP contribution is 2.57. The molecule has 86 valence electrons. The zero-order valence-electron chi connectivity index (χ0n) is 5.78. The van der Waals surface area contributed by atoms with Crippen LogP contribution in [0.2, 0.25) is 0 Å². The van der Waals surface area contributed by atoms with Crippen molar-refractivity contribution in [2.45, 2.75) is 21.8 Å². The normalized spacial score (nSPS) is 19.3. The summed E-state index contributed by atoms with van der Waals surface area (Å²) in [4.78, 5) is 0. The highest BCUT2D eigenvalue weighted by molar-refractivity contribution is 6.54. The second-order valence-electron chi connectivity index (χ2n) is 2.14. The molecule has 0 heterocycles. The summed E-state index contributed by atoms with van der Waals surface area (Å²) in [7, 11) is 0. The summed E-state index contributed by atoms with van der Waals surface area (Å²) < 4.78 is 78.1. The van der Waals surface area contributed by atoms with E-state index in [1.165, 1.54) is 0 Å². The maximum Gasteiger partial charge on any atom is 0.440 e. The van der Waals surface area contributed by atoms with Crippen molar-refractivity contribution in [3.05, 3.63) is 0 Å². The molecular weight excluding hydrogens is 287 g/mol. The molecule has 0 aromatic heterocycles. The number of alkyl halides is 10. The van der Waals surface area contributed by atoms with Crippen molar-refractivity contribution in [3.8, 4) is 0 Å². The van der Waals surface area contributed by atoms with Crippen LogP contribution in [-0.4, -0.2) is 21.8 Å². The Morgan fingerprint density at radius 1 is 0.571 bits per heavy atom. The molecule has 0 aromatic carbocycles. The van der Waals surface area contributed by atoms with E-state index >= 15 is 0 Å². The van der Waals surface area contributed by atoms with Gasteiger partial charge in [-0.3, -0.25) is 0 Å². The van der Waals surface area contributed by atoms with Crippen LogP contribution >= 0.6 is 34.8 Å². The van der Waals surface area contributed by atoms with Crippen LogP contribution in [0, 0.1) is 0 Å². The second-order valence-corrected chi connectivity index (χ2v) is 3.99. The zero-order chi connectivity index (χ0) is 12.0. The van der Waals surface area contributed by atoms with Crippen LogP contribution < -0.4 is 0 Å². The topological polar surface area (TPSA) is 0 Å². The van der Waals surface area contributed by atoms with Crippen molar-refractivity contribution in [1.82, 2.24) is 0 Å². The van der Waals surface area contributed by atoms with Crippen molar-refractivity contribution >= 4 is 34.8 Å². The summed E-state index contributed by atoms with van der Waals surface area (Å²) in [6, 6.07) is 0. The van der Waals surface area contributed by atoms with Crippen LogP contribution in [0.1, 0.15) is 0 Å². The molecule has 0 aliphatic carbocycles. The predicted octanol–water partition coefficient (Wildman–Crippen LogP) is 4.19. The molecule has 0 nitrogen and oxygen atoms in total. The smallest absolute Gasteiger partial charge is 0.212 e. The third kappa shape index (κ3) is 2.14. The van der Waals surface area contributed by atoms with Crippen LogP contribution in [0.5, 0.6) is 0 Å². The Morgan fingerprint density at radius 2 is 0.857 bits per heavy atom. The monoisotopic (exact) mass is 286 g/mol. The Bertz CT molecular complexity index is 190. The molecule has 0 saturated carbocycles. The predicted molar refractivity (Wildman–Crippen MR) is 36.2 cm³/mol. The Labute approximate surface area is 87.9 Å². The van der Waals surface area contributed by atoms with Crippen molar-refractivity contribution in [1.29, 1.82) is 0 Å². The van der Waals surface area contributed by atoms with Crippen LogP contribution in [0.15, 0.2) is 0 Å². The first-order chi connectivity index (χ1) is 5.75. The van der Waals surface area contributed by atoms with E-state index in [0.29, 0.717) is 0 Å². The third-order valence-corrected chi connectivity index (χ3v) is 2.75. The van der Waals surface area contributed by atoms with Gasteiger partial charge in [0.2, 0.25) is 0 Å². The maximum absolute atomic E-state index is 12.5. The summed E-state index contributed by atoms with van der Waals surface area (Å²) in [5.74, 6) is 0. The van der Waals surface area contributed by atoms with Gasteiger partial charge in [-0.1, -0.05) is 34.8 Å². The molecule has 1 unspecified atom stereocenters. The third-order valence-electron chi connectivity index (χ3n) is 1.11. The van der Waals surface area contributed by atoms with Gasteiger partial charge in [-0.15, -0.1) is 0 Å². The lowest BCUT2D eigenvalue weighted by Crippen LogP contribution is -2.57. The quantitative estimate of drug-likeness (QED) is 0.501. The van der Waals surface area contributed by atoms with E-state index in [0.717, 1.165) is 0 Å². The van der Waals surface area contributed by atoms with E-state index in [1.807, 2.05) is 0 Å². The fourth-order valence-corrected chi connectivity index (χ4v) is 0.677. The van der Waals surface area contributed by atoms with E-state index in [4.69, 9.17) is 0 Å². The first kappa shape index (κ1) is 14.4. The molecule has 0 aliphatic rings. The second kappa shape index (κ2) is 3.45. The van der Waals surface area contributed by atoms with Gasteiger partial charge in [0.05, 0.1) is 0 Å². The Balaban J connectivity index is 5.30. The highest BCUT2D eigenvalue weighted by Gasteiger charge is 2.77. The summed E-state index contributed by atoms with van der Waals surface area (Å²) in [6.07, 6.45) is -11.9. The van der Waals surface area contributed by atoms with Gasteiger partial charge in [0.15, 0.2) is 0 Å². The minimum absolute atomic E-state index is 4.01. The minimum atomic E-state index is -6.05. The Hall–Kier alpha value is 0.380. The molecule has 0 bridgehead atoms. The summed E-state index contributed by atoms with van der Waals surface area (Å²) in [5.41, 5.74) is 0. The fourth-order valence-electron chi connectivity index (χ4n) is 0.356. The van der Waals surface area contributed by atoms with Crippen molar-refractivity contribution in [2.24, 2.45) is 0 Å². The first-order valence-corrected chi connectivity index (χ1v) is 3.77. The van der Waals surface area contributed by atoms with Gasteiger partial charge in [0.1, 0.15) is 0 Å². The molecular formula is C4Cl3F7. The van der Waals surface area contributed by atoms with Crippen molar-refractivity contribution in [2.75, 3.05) is 0 Å². The van der Waals surface area contributed by atoms with E-state index in [9.17, 15) is 30.7 Å². The molecule has 0 aromatic rings. The summed E-state index contributed by atoms with van der Waals surface area (Å²) in [6.45, 7) is 0. The Morgan fingerprint density at radius 3 is 0.929 bits per heavy atom. The van der Waals surface area contributed by atoms with Crippen molar-refractivity contribution < 1.29 is 30.7 Å². The van der Waals surface area contributed by atoms with Gasteiger partial charge >= 0.3 is 17.5 Å². The molecule has 0 rings (SSSR count). The maximum atomic E-state index is 12.5. The molecule has 0 amide bonds. The molecule has 0 saturated heterocycles. The van der Waals surface area contributed by atoms with Gasteiger partial charge in [-0.05, 0) is 0 Å². The zero-order valence-corrected chi connectivity index (χ0v) is 8.05. The molecule has 1 atom stereocenters. The largest absolute Gasteiger partial charge is 0.440 e. The average molecular weight is 287 g/mol. The number of rotatable bonds is 1. The van der Waals surface area contributed by atoms with Crippen molar-refractivity contribution in [3.63, 3.8) is 0 Å². The van der Waals surface area contributed by atoms with Crippen LogP contribution in [0.3, 0.4) is 0 Å². The van der Waals surface area contributed by atoms with Gasteiger partial charge in [-0.25, -0.2) is 4.39 Å². The number of halogens is 10. The number of hydrogen-bond donors (Lipinski definition) is 0. The van der Waals surface area contributed by atoms with E-state index in [-0.39, 0.29) is 0 Å². The molecule has 0 radical (unpaired) electrons. The minimum Gasteiger partial charge on any atom is -0.212 e. The van der Waals surface area contributed by atoms with E-state index < -0.39 is 21.8 Å². The van der Waals surface area contributed by atoms with E-state index in [2.05, 4.69) is 34.8 Å². The molecule has 14 heavy (non-hydrogen) atoms. The summed E-state index contributed by atoms with van der Waals surface area (Å²) in [5, 5.41) is -5.30. The highest BCUT2D eigenvalue weighted by atomic mass is 35.5. The van der Waals surface area contributed by atoms with Gasteiger partial charge in [0, 0.05) is 0 Å². The average Bonchev–Trinajstić information content (AvgIpc) is 1.81. The molecule has 0 fully saturated rings. The molecule has 10 heteroatoms. The van der Waals surface area contributed by atoms with Crippen LogP contribution in [-0.2, 0) is 0 Å². The Kier molecular flexibility index (Phi) is 3.54. The summed E-state index contributed by atoms with van der Waals surface area (Å²) >= 11 is 12.4. The lowest BCUT2D eigenvalue weighted by Gasteiger charge is -2.33. The van der Waals surface area contributed by atoms with E-state index in [1.54, 1.807) is 0 Å². The lowest BCUT2D eigenvalue weighted by molar-refractivity contribution is -0.244. The van der Waals surface area contributed by atoms with Gasteiger partial charge in [0.25, 0.3) is 4.33 Å². The fraction of sp³-hybridized carbons (Fsp3) is 1.00. The molecule has 0 aliphatic heterocycles. The molecule has 0 spiro atoms. The first-order valence-electron chi connectivity index (χ1n) is 2.64. The molecule has 0 N–H and O–H groups in total. The SMILES string of the molecule is FC(F)(F)C(F)(Cl)C(Cl)(Cl)C(F)(F)F. The van der Waals surface area contributed by atoms with Gasteiger partial charge in [-0.2, -0.15) is 26.3 Å². The number of hydrogen-bond acceptors (Lipinski definition) is 0. The lowest BCUT2D eigenvalue weighted by atomic mass is 10.2. The van der Waals surface area contributed by atoms with Crippen LogP contribution in [0.4, 0.5) is 30.7 Å².